The maximum absolute atomic E-state index is 12.2. The molecule has 0 spiro atoms. The number of alkyl halides is 1. The fourth-order valence-corrected chi connectivity index (χ4v) is 4.11. The molecule has 1 saturated heterocycles. The molecule has 1 aliphatic heterocycles. The molecule has 0 aromatic carbocycles. The molecule has 6 nitrogen and oxygen atoms in total. The molecular weight excluding hydrogens is 442 g/mol. The highest BCUT2D eigenvalue weighted by Crippen LogP contribution is 2.42. The van der Waals surface area contributed by atoms with Gasteiger partial charge in [0.05, 0.1) is 18.0 Å². The molecule has 0 radical (unpaired) electrons. The van der Waals surface area contributed by atoms with Crippen molar-refractivity contribution in [1.82, 2.24) is 5.32 Å². The summed E-state index contributed by atoms with van der Waals surface area (Å²) in [6, 6.07) is -0.582. The Bertz CT molecular complexity index is 777. The van der Waals surface area contributed by atoms with Gasteiger partial charge in [-0.2, -0.15) is 0 Å². The predicted octanol–water partition coefficient (Wildman–Crippen LogP) is 3.68. The first-order chi connectivity index (χ1) is 15.7. The summed E-state index contributed by atoms with van der Waals surface area (Å²) in [5.74, 6) is -1.73. The van der Waals surface area contributed by atoms with Crippen molar-refractivity contribution in [3.05, 3.63) is 60.8 Å². The zero-order chi connectivity index (χ0) is 24.3. The summed E-state index contributed by atoms with van der Waals surface area (Å²) in [6.45, 7) is 4.42. The molecule has 1 heterocycles. The molecule has 33 heavy (non-hydrogen) atoms. The third-order valence-corrected chi connectivity index (χ3v) is 6.53. The lowest BCUT2D eigenvalue weighted by atomic mass is 9.75. The minimum absolute atomic E-state index is 0.00556. The molecular formula is C26H38ClNO5. The molecule has 2 rings (SSSR count). The van der Waals surface area contributed by atoms with Crippen LogP contribution in [0, 0.1) is 5.92 Å². The second-order valence-corrected chi connectivity index (χ2v) is 9.36. The number of aliphatic hydroxyl groups is 3. The van der Waals surface area contributed by atoms with E-state index < -0.39 is 28.9 Å². The van der Waals surface area contributed by atoms with Crippen LogP contribution in [0.2, 0.25) is 0 Å². The molecule has 184 valence electrons. The topological polar surface area (TPSA) is 99.0 Å². The van der Waals surface area contributed by atoms with Crippen LogP contribution in [0.1, 0.15) is 52.4 Å². The van der Waals surface area contributed by atoms with Gasteiger partial charge < -0.3 is 25.4 Å². The van der Waals surface area contributed by atoms with Crippen molar-refractivity contribution in [2.75, 3.05) is 6.61 Å². The Morgan fingerprint density at radius 2 is 1.91 bits per heavy atom. The van der Waals surface area contributed by atoms with Crippen molar-refractivity contribution < 1.29 is 24.9 Å². The number of amides is 1. The van der Waals surface area contributed by atoms with E-state index >= 15 is 0 Å². The van der Waals surface area contributed by atoms with Crippen molar-refractivity contribution >= 4 is 17.5 Å². The highest BCUT2D eigenvalue weighted by molar-refractivity contribution is 6.22. The molecule has 0 bridgehead atoms. The molecule has 2 aliphatic rings. The van der Waals surface area contributed by atoms with Crippen molar-refractivity contribution in [3.63, 3.8) is 0 Å². The Kier molecular flexibility index (Phi) is 11.1. The molecule has 7 heteroatoms. The van der Waals surface area contributed by atoms with Crippen molar-refractivity contribution in [2.24, 2.45) is 5.92 Å². The van der Waals surface area contributed by atoms with Crippen LogP contribution in [0.3, 0.4) is 0 Å². The predicted molar refractivity (Wildman–Crippen MR) is 132 cm³/mol. The number of carbonyl (C=O) groups excluding carboxylic acids is 1. The van der Waals surface area contributed by atoms with E-state index in [9.17, 15) is 20.1 Å². The second kappa shape index (κ2) is 13.3. The lowest BCUT2D eigenvalue weighted by Gasteiger charge is -2.52. The van der Waals surface area contributed by atoms with E-state index in [-0.39, 0.29) is 18.9 Å². The number of aliphatic hydroxyl groups excluding tert-OH is 1. The number of unbranched alkanes of at least 4 members (excludes halogenated alkanes) is 3. The zero-order valence-electron chi connectivity index (χ0n) is 19.6. The third kappa shape index (κ3) is 7.94. The van der Waals surface area contributed by atoms with Crippen LogP contribution in [0.5, 0.6) is 0 Å². The van der Waals surface area contributed by atoms with Crippen LogP contribution in [-0.2, 0) is 9.53 Å². The third-order valence-electron chi connectivity index (χ3n) is 6.14. The zero-order valence-corrected chi connectivity index (χ0v) is 20.3. The van der Waals surface area contributed by atoms with E-state index in [0.29, 0.717) is 5.92 Å². The average molecular weight is 480 g/mol. The van der Waals surface area contributed by atoms with Crippen LogP contribution in [0.4, 0.5) is 0 Å². The van der Waals surface area contributed by atoms with Crippen LogP contribution in [-0.4, -0.2) is 56.7 Å². The first kappa shape index (κ1) is 27.5. The lowest BCUT2D eigenvalue weighted by Crippen LogP contribution is -2.71. The first-order valence-electron chi connectivity index (χ1n) is 11.8. The van der Waals surface area contributed by atoms with Crippen molar-refractivity contribution in [3.8, 4) is 0 Å². The summed E-state index contributed by atoms with van der Waals surface area (Å²) >= 11 is 5.99. The van der Waals surface area contributed by atoms with Gasteiger partial charge in [-0.05, 0) is 37.7 Å². The van der Waals surface area contributed by atoms with Crippen LogP contribution < -0.4 is 5.32 Å². The second-order valence-electron chi connectivity index (χ2n) is 8.86. The SMILES string of the molecule is CC[C@@H](C)/C=C/CCCC/C=C/C=C/C=C/C(=O)N[C@@H]1CO[C@@]2(O)C=C[C@@H](Cl)[C@H](O)[C@@]2(O)C1. The first-order valence-corrected chi connectivity index (χ1v) is 12.2. The minimum atomic E-state index is -2.03. The van der Waals surface area contributed by atoms with Gasteiger partial charge in [-0.25, -0.2) is 0 Å². The molecule has 4 N–H and O–H groups in total. The summed E-state index contributed by atoms with van der Waals surface area (Å²) in [4.78, 5) is 12.2. The normalized spacial score (nSPS) is 33.3. The maximum atomic E-state index is 12.2. The number of carbonyl (C=O) groups is 1. The standard InChI is InChI=1S/C26H38ClNO5/c1-3-20(2)14-12-10-8-6-4-5-7-9-11-13-15-23(29)28-21-18-25(31)24(30)22(27)16-17-26(25,32)33-19-21/h5,7,9,11-17,20-22,24,30-32H,3-4,6,8,10,18-19H2,1-2H3,(H,28,29)/b7-5+,11-9+,14-12+,15-13+/t20-,21+,22-,24+,25+,26+/m1/s1. The van der Waals surface area contributed by atoms with Crippen LogP contribution in [0.25, 0.3) is 0 Å². The van der Waals surface area contributed by atoms with Crippen molar-refractivity contribution in [1.29, 1.82) is 0 Å². The van der Waals surface area contributed by atoms with Crippen LogP contribution >= 0.6 is 11.6 Å². The fourth-order valence-electron chi connectivity index (χ4n) is 3.83. The van der Waals surface area contributed by atoms with Gasteiger partial charge in [-0.3, -0.25) is 4.79 Å². The van der Waals surface area contributed by atoms with Gasteiger partial charge >= 0.3 is 0 Å². The molecule has 1 fully saturated rings. The summed E-state index contributed by atoms with van der Waals surface area (Å²) < 4.78 is 5.37. The molecule has 6 atom stereocenters. The molecule has 0 unspecified atom stereocenters. The van der Waals surface area contributed by atoms with Gasteiger partial charge in [-0.15, -0.1) is 11.6 Å². The van der Waals surface area contributed by atoms with E-state index in [4.69, 9.17) is 16.3 Å². The van der Waals surface area contributed by atoms with E-state index in [1.165, 1.54) is 31.1 Å². The Balaban J connectivity index is 1.68. The molecule has 0 saturated carbocycles. The smallest absolute Gasteiger partial charge is 0.244 e. The Labute approximate surface area is 202 Å². The van der Waals surface area contributed by atoms with Gasteiger partial charge in [0.2, 0.25) is 11.7 Å². The lowest BCUT2D eigenvalue weighted by molar-refractivity contribution is -0.324. The van der Waals surface area contributed by atoms with Gasteiger partial charge in [0, 0.05) is 12.5 Å². The number of halogens is 1. The summed E-state index contributed by atoms with van der Waals surface area (Å²) in [6.07, 6.45) is 22.0. The minimum Gasteiger partial charge on any atom is -0.388 e. The number of ether oxygens (including phenoxy) is 1. The van der Waals surface area contributed by atoms with E-state index in [0.717, 1.165) is 19.3 Å². The monoisotopic (exact) mass is 479 g/mol. The summed E-state index contributed by atoms with van der Waals surface area (Å²) in [5, 5.41) is 33.5. The Hall–Kier alpha value is -1.70. The van der Waals surface area contributed by atoms with E-state index in [1.54, 1.807) is 12.2 Å². The average Bonchev–Trinajstić information content (AvgIpc) is 2.79. The highest BCUT2D eigenvalue weighted by Gasteiger charge is 2.61. The number of hydrogen-bond acceptors (Lipinski definition) is 5. The van der Waals surface area contributed by atoms with Gasteiger partial charge in [-0.1, -0.05) is 68.9 Å². The summed E-state index contributed by atoms with van der Waals surface area (Å²) in [7, 11) is 0. The number of hydrogen-bond donors (Lipinski definition) is 4. The number of nitrogens with one attached hydrogen (secondary N) is 1. The highest BCUT2D eigenvalue weighted by atomic mass is 35.5. The number of fused-ring (bicyclic) bond motifs is 1. The fraction of sp³-hybridized carbons (Fsp3) is 0.577. The number of rotatable bonds is 11. The van der Waals surface area contributed by atoms with Gasteiger partial charge in [0.25, 0.3) is 0 Å². The van der Waals surface area contributed by atoms with E-state index in [1.807, 2.05) is 12.2 Å². The summed E-state index contributed by atoms with van der Waals surface area (Å²) in [5.41, 5.74) is -2.01. The number of allylic oxidation sites excluding steroid dienone is 7. The Morgan fingerprint density at radius 3 is 2.64 bits per heavy atom. The van der Waals surface area contributed by atoms with Gasteiger partial charge in [0.15, 0.2) is 5.60 Å². The molecule has 1 amide bonds. The molecule has 0 aromatic rings. The molecule has 0 aromatic heterocycles. The van der Waals surface area contributed by atoms with Crippen molar-refractivity contribution in [2.45, 2.75) is 81.3 Å². The van der Waals surface area contributed by atoms with Gasteiger partial charge in [0.1, 0.15) is 6.10 Å². The Morgan fingerprint density at radius 1 is 1.21 bits per heavy atom. The molecule has 1 aliphatic carbocycles. The van der Waals surface area contributed by atoms with Crippen LogP contribution in [0.15, 0.2) is 60.8 Å². The van der Waals surface area contributed by atoms with E-state index in [2.05, 4.69) is 37.4 Å². The largest absolute Gasteiger partial charge is 0.388 e. The maximum Gasteiger partial charge on any atom is 0.244 e. The quantitative estimate of drug-likeness (QED) is 0.119.